The Kier molecular flexibility index (Phi) is 9.35. The van der Waals surface area contributed by atoms with E-state index in [2.05, 4.69) is 24.1 Å². The first-order valence-electron chi connectivity index (χ1n) is 9.60. The van der Waals surface area contributed by atoms with Crippen molar-refractivity contribution in [2.45, 2.75) is 52.2 Å². The summed E-state index contributed by atoms with van der Waals surface area (Å²) in [5, 5.41) is 0. The first-order valence-corrected chi connectivity index (χ1v) is 9.60. The van der Waals surface area contributed by atoms with Crippen LogP contribution >= 0.6 is 0 Å². The van der Waals surface area contributed by atoms with Crippen molar-refractivity contribution in [2.24, 2.45) is 0 Å². The Morgan fingerprint density at radius 2 is 1.81 bits per heavy atom. The predicted octanol–water partition coefficient (Wildman–Crippen LogP) is 4.16. The van der Waals surface area contributed by atoms with Gasteiger partial charge in [-0.3, -0.25) is 10.3 Å². The highest BCUT2D eigenvalue weighted by molar-refractivity contribution is 5.97. The second-order valence-electron chi connectivity index (χ2n) is 6.34. The molecule has 27 heavy (non-hydrogen) atoms. The van der Waals surface area contributed by atoms with E-state index in [1.54, 1.807) is 6.08 Å². The van der Waals surface area contributed by atoms with Crippen LogP contribution in [0.4, 0.5) is 0 Å². The molecular weight excluding hydrogens is 342 g/mol. The van der Waals surface area contributed by atoms with Gasteiger partial charge in [-0.25, -0.2) is 0 Å². The molecule has 6 heteroatoms. The molecule has 0 aromatic heterocycles. The monoisotopic (exact) mass is 371 g/mol. The lowest BCUT2D eigenvalue weighted by Gasteiger charge is -2.21. The van der Waals surface area contributed by atoms with Gasteiger partial charge >= 0.3 is 5.71 Å². The fraction of sp³-hybridized carbons (Fsp3) is 0.476. The largest absolute Gasteiger partial charge is 0.491 e. The topological polar surface area (TPSA) is 76.1 Å². The zero-order valence-electron chi connectivity index (χ0n) is 16.2. The van der Waals surface area contributed by atoms with Crippen molar-refractivity contribution in [3.63, 3.8) is 0 Å². The fourth-order valence-electron chi connectivity index (χ4n) is 2.49. The quantitative estimate of drug-likeness (QED) is 0.259. The third-order valence-corrected chi connectivity index (χ3v) is 4.08. The van der Waals surface area contributed by atoms with Crippen molar-refractivity contribution in [2.75, 3.05) is 13.2 Å². The molecule has 146 valence electrons. The van der Waals surface area contributed by atoms with Gasteiger partial charge in [0.05, 0.1) is 19.3 Å². The molecule has 1 aliphatic rings. The number of hydrogen-bond donors (Lipinski definition) is 1. The maximum absolute atomic E-state index is 9.35. The Balaban J connectivity index is 2.05. The maximum Gasteiger partial charge on any atom is 0.328 e. The minimum absolute atomic E-state index is 0.419. The van der Waals surface area contributed by atoms with E-state index in [0.29, 0.717) is 37.0 Å². The van der Waals surface area contributed by atoms with Crippen LogP contribution in [0.5, 0.6) is 0 Å². The summed E-state index contributed by atoms with van der Waals surface area (Å²) in [5.41, 5.74) is 14.5. The number of hydrogen-bond acceptors (Lipinski definition) is 4. The van der Waals surface area contributed by atoms with E-state index < -0.39 is 6.10 Å². The zero-order valence-corrected chi connectivity index (χ0v) is 16.2. The van der Waals surface area contributed by atoms with E-state index >= 15 is 0 Å². The lowest BCUT2D eigenvalue weighted by Crippen LogP contribution is -2.30. The van der Waals surface area contributed by atoms with E-state index in [4.69, 9.17) is 14.3 Å². The molecule has 6 nitrogen and oxygen atoms in total. The van der Waals surface area contributed by atoms with Crippen molar-refractivity contribution < 1.29 is 19.1 Å². The molecule has 1 aliphatic carbocycles. The molecule has 1 N–H and O–H groups in total. The van der Waals surface area contributed by atoms with Crippen molar-refractivity contribution in [3.05, 3.63) is 65.0 Å². The van der Waals surface area contributed by atoms with Crippen LogP contribution in [0.15, 0.2) is 53.9 Å². The summed E-state index contributed by atoms with van der Waals surface area (Å²) >= 11 is 0. The minimum Gasteiger partial charge on any atom is -0.491 e. The number of rotatable bonds is 12. The van der Waals surface area contributed by atoms with Crippen LogP contribution < -0.4 is 5.48 Å². The second kappa shape index (κ2) is 12.1. The molecule has 1 aromatic rings. The summed E-state index contributed by atoms with van der Waals surface area (Å²) < 4.78 is 11.7. The molecule has 0 heterocycles. The molecule has 0 saturated heterocycles. The lowest BCUT2D eigenvalue weighted by atomic mass is 10.1. The first-order chi connectivity index (χ1) is 13.3. The van der Waals surface area contributed by atoms with Gasteiger partial charge in [0.2, 0.25) is 0 Å². The molecule has 1 aromatic carbocycles. The standard InChI is InChI=1S/C21H29N3O3/c1-3-5-12-25-20-15-19(24-27-16-17-10-8-7-9-11-17)21(14-18(20)23-22)26-13-6-4-2/h7-11,14-15,20,24H,3-6,12-13,16H2,1-2H3. The SMILES string of the molecule is CCCCOC1=CC(=[N+]=[N-])C(OCCCC)C=C1NOCc1ccccc1. The van der Waals surface area contributed by atoms with Crippen molar-refractivity contribution >= 4 is 5.71 Å². The summed E-state index contributed by atoms with van der Waals surface area (Å²) in [6.07, 6.45) is 7.04. The highest BCUT2D eigenvalue weighted by Crippen LogP contribution is 2.19. The molecule has 0 amide bonds. The van der Waals surface area contributed by atoms with Crippen LogP contribution in [0.3, 0.4) is 0 Å². The Morgan fingerprint density at radius 1 is 1.07 bits per heavy atom. The summed E-state index contributed by atoms with van der Waals surface area (Å²) in [6, 6.07) is 9.91. The molecule has 0 saturated carbocycles. The highest BCUT2D eigenvalue weighted by Gasteiger charge is 2.29. The molecule has 0 fully saturated rings. The summed E-state index contributed by atoms with van der Waals surface area (Å²) in [5.74, 6) is 0.583. The summed E-state index contributed by atoms with van der Waals surface area (Å²) in [7, 11) is 0. The molecule has 1 unspecified atom stereocenters. The van der Waals surface area contributed by atoms with Gasteiger partial charge in [0.1, 0.15) is 5.70 Å². The van der Waals surface area contributed by atoms with Gasteiger partial charge in [-0.15, -0.1) is 0 Å². The van der Waals surface area contributed by atoms with Gasteiger partial charge in [-0.2, -0.15) is 4.79 Å². The number of benzene rings is 1. The normalized spacial score (nSPS) is 16.4. The van der Waals surface area contributed by atoms with Crippen LogP contribution in [-0.4, -0.2) is 29.8 Å². The van der Waals surface area contributed by atoms with Gasteiger partial charge in [-0.05, 0) is 24.5 Å². The number of nitrogens with zero attached hydrogens (tertiary/aromatic N) is 2. The van der Waals surface area contributed by atoms with Crippen molar-refractivity contribution in [3.8, 4) is 0 Å². The number of hydroxylamine groups is 1. The molecule has 2 rings (SSSR count). The Labute approximate surface area is 161 Å². The minimum atomic E-state index is -0.442. The number of ether oxygens (including phenoxy) is 2. The number of unbranched alkanes of at least 4 members (excludes halogenated alkanes) is 2. The Morgan fingerprint density at radius 3 is 2.52 bits per heavy atom. The average molecular weight is 371 g/mol. The molecule has 0 spiro atoms. The van der Waals surface area contributed by atoms with Gasteiger partial charge in [0.25, 0.3) is 0 Å². The van der Waals surface area contributed by atoms with Gasteiger partial charge in [0.15, 0.2) is 11.9 Å². The summed E-state index contributed by atoms with van der Waals surface area (Å²) in [6.45, 7) is 5.80. The van der Waals surface area contributed by atoms with Crippen LogP contribution in [-0.2, 0) is 20.9 Å². The smallest absolute Gasteiger partial charge is 0.328 e. The molecule has 0 bridgehead atoms. The summed E-state index contributed by atoms with van der Waals surface area (Å²) in [4.78, 5) is 9.01. The third kappa shape index (κ3) is 7.02. The molecule has 1 atom stereocenters. The van der Waals surface area contributed by atoms with Gasteiger partial charge in [0, 0.05) is 6.61 Å². The van der Waals surface area contributed by atoms with E-state index in [1.165, 1.54) is 0 Å². The second-order valence-corrected chi connectivity index (χ2v) is 6.34. The molecular formula is C21H29N3O3. The van der Waals surface area contributed by atoms with Gasteiger partial charge in [-0.1, -0.05) is 57.0 Å². The Hall–Kier alpha value is -2.40. The fourth-order valence-corrected chi connectivity index (χ4v) is 2.49. The van der Waals surface area contributed by atoms with Crippen LogP contribution in [0.2, 0.25) is 0 Å². The molecule has 0 aliphatic heterocycles. The maximum atomic E-state index is 9.35. The molecule has 0 radical (unpaired) electrons. The van der Waals surface area contributed by atoms with Crippen molar-refractivity contribution in [1.29, 1.82) is 0 Å². The first kappa shape index (κ1) is 20.9. The van der Waals surface area contributed by atoms with Gasteiger partial charge < -0.3 is 15.0 Å². The van der Waals surface area contributed by atoms with Crippen molar-refractivity contribution in [1.82, 2.24) is 5.48 Å². The Bertz CT molecular complexity index is 679. The van der Waals surface area contributed by atoms with Crippen LogP contribution in [0.25, 0.3) is 5.53 Å². The van der Waals surface area contributed by atoms with E-state index in [9.17, 15) is 5.53 Å². The van der Waals surface area contributed by atoms with E-state index in [1.807, 2.05) is 36.4 Å². The number of nitrogens with one attached hydrogen (secondary N) is 1. The predicted molar refractivity (Wildman–Crippen MR) is 105 cm³/mol. The zero-order chi connectivity index (χ0) is 19.3. The van der Waals surface area contributed by atoms with E-state index in [-0.39, 0.29) is 0 Å². The van der Waals surface area contributed by atoms with Crippen LogP contribution in [0, 0.1) is 0 Å². The van der Waals surface area contributed by atoms with E-state index in [0.717, 1.165) is 31.2 Å². The van der Waals surface area contributed by atoms with Crippen LogP contribution in [0.1, 0.15) is 45.1 Å². The highest BCUT2D eigenvalue weighted by atomic mass is 16.6. The lowest BCUT2D eigenvalue weighted by molar-refractivity contribution is -0.0243. The third-order valence-electron chi connectivity index (χ3n) is 4.08. The average Bonchev–Trinajstić information content (AvgIpc) is 2.70.